The van der Waals surface area contributed by atoms with Crippen molar-refractivity contribution in [2.45, 2.75) is 26.4 Å². The maximum absolute atomic E-state index is 5.90. The van der Waals surface area contributed by atoms with Gasteiger partial charge in [0.05, 0.1) is 11.7 Å². The van der Waals surface area contributed by atoms with Gasteiger partial charge in [-0.3, -0.25) is 4.98 Å². The van der Waals surface area contributed by atoms with Crippen molar-refractivity contribution in [1.29, 1.82) is 0 Å². The minimum Gasteiger partial charge on any atom is -0.459 e. The van der Waals surface area contributed by atoms with Crippen molar-refractivity contribution in [1.82, 2.24) is 10.3 Å². The fourth-order valence-corrected chi connectivity index (χ4v) is 2.68. The molecule has 0 saturated heterocycles. The molecule has 3 nitrogen and oxygen atoms in total. The highest BCUT2D eigenvalue weighted by atomic mass is 79.9. The molecular weight excluding hydrogens is 328 g/mol. The summed E-state index contributed by atoms with van der Waals surface area (Å²) in [7, 11) is 0. The third-order valence-corrected chi connectivity index (χ3v) is 4.11. The van der Waals surface area contributed by atoms with Gasteiger partial charge in [0.2, 0.25) is 0 Å². The van der Waals surface area contributed by atoms with Crippen LogP contribution in [-0.4, -0.2) is 4.98 Å². The van der Waals surface area contributed by atoms with Gasteiger partial charge >= 0.3 is 0 Å². The van der Waals surface area contributed by atoms with Crippen LogP contribution >= 0.6 is 15.9 Å². The van der Waals surface area contributed by atoms with Gasteiger partial charge in [-0.15, -0.1) is 0 Å². The predicted octanol–water partition coefficient (Wildman–Crippen LogP) is 4.75. The van der Waals surface area contributed by atoms with Crippen LogP contribution in [0.25, 0.3) is 11.0 Å². The number of halogens is 1. The third kappa shape index (κ3) is 3.17. The molecule has 4 heteroatoms. The van der Waals surface area contributed by atoms with E-state index in [1.807, 2.05) is 24.4 Å². The SMILES string of the molecule is Cc1cccnc1CNC(C)c1cc2cc(Br)ccc2o1. The molecule has 0 saturated carbocycles. The maximum Gasteiger partial charge on any atom is 0.134 e. The zero-order valence-electron chi connectivity index (χ0n) is 12.1. The monoisotopic (exact) mass is 344 g/mol. The van der Waals surface area contributed by atoms with Gasteiger partial charge in [0.1, 0.15) is 11.3 Å². The number of hydrogen-bond acceptors (Lipinski definition) is 3. The number of benzene rings is 1. The molecule has 3 aromatic rings. The average molecular weight is 345 g/mol. The summed E-state index contributed by atoms with van der Waals surface area (Å²) in [4.78, 5) is 4.40. The number of furan rings is 1. The van der Waals surface area contributed by atoms with E-state index in [0.717, 1.165) is 33.4 Å². The first kappa shape index (κ1) is 14.3. The van der Waals surface area contributed by atoms with Crippen molar-refractivity contribution < 1.29 is 4.42 Å². The van der Waals surface area contributed by atoms with Crippen LogP contribution in [0.15, 0.2) is 51.5 Å². The second kappa shape index (κ2) is 6.00. The summed E-state index contributed by atoms with van der Waals surface area (Å²) < 4.78 is 6.96. The first-order chi connectivity index (χ1) is 10.1. The first-order valence-electron chi connectivity index (χ1n) is 6.96. The van der Waals surface area contributed by atoms with Crippen molar-refractivity contribution >= 4 is 26.9 Å². The Labute approximate surface area is 132 Å². The Morgan fingerprint density at radius 2 is 2.14 bits per heavy atom. The molecule has 0 aliphatic carbocycles. The summed E-state index contributed by atoms with van der Waals surface area (Å²) >= 11 is 3.48. The molecule has 108 valence electrons. The van der Waals surface area contributed by atoms with E-state index in [1.54, 1.807) is 0 Å². The van der Waals surface area contributed by atoms with Gasteiger partial charge in [0.15, 0.2) is 0 Å². The Morgan fingerprint density at radius 1 is 1.29 bits per heavy atom. The fourth-order valence-electron chi connectivity index (χ4n) is 2.30. The highest BCUT2D eigenvalue weighted by Crippen LogP contribution is 2.26. The number of hydrogen-bond donors (Lipinski definition) is 1. The topological polar surface area (TPSA) is 38.1 Å². The molecule has 0 bridgehead atoms. The quantitative estimate of drug-likeness (QED) is 0.742. The van der Waals surface area contributed by atoms with E-state index in [2.05, 4.69) is 58.3 Å². The lowest BCUT2D eigenvalue weighted by atomic mass is 10.2. The van der Waals surface area contributed by atoms with Crippen LogP contribution in [0.3, 0.4) is 0 Å². The normalized spacial score (nSPS) is 12.7. The second-order valence-electron chi connectivity index (χ2n) is 5.20. The molecule has 0 spiro atoms. The van der Waals surface area contributed by atoms with E-state index in [-0.39, 0.29) is 6.04 Å². The maximum atomic E-state index is 5.90. The second-order valence-corrected chi connectivity index (χ2v) is 6.12. The van der Waals surface area contributed by atoms with E-state index in [1.165, 1.54) is 5.56 Å². The molecule has 0 amide bonds. The van der Waals surface area contributed by atoms with Gasteiger partial charge < -0.3 is 9.73 Å². The fraction of sp³-hybridized carbons (Fsp3) is 0.235. The minimum atomic E-state index is 0.137. The van der Waals surface area contributed by atoms with E-state index in [4.69, 9.17) is 4.42 Å². The molecule has 1 unspecified atom stereocenters. The molecule has 0 fully saturated rings. The smallest absolute Gasteiger partial charge is 0.134 e. The lowest BCUT2D eigenvalue weighted by molar-refractivity contribution is 0.448. The summed E-state index contributed by atoms with van der Waals surface area (Å²) in [5.41, 5.74) is 3.19. The summed E-state index contributed by atoms with van der Waals surface area (Å²) in [5, 5.41) is 4.58. The van der Waals surface area contributed by atoms with Crippen molar-refractivity contribution in [3.8, 4) is 0 Å². The van der Waals surface area contributed by atoms with Crippen molar-refractivity contribution in [3.05, 3.63) is 64.1 Å². The highest BCUT2D eigenvalue weighted by Gasteiger charge is 2.12. The number of aryl methyl sites for hydroxylation is 1. The van der Waals surface area contributed by atoms with Gasteiger partial charge in [0, 0.05) is 22.6 Å². The Balaban J connectivity index is 1.75. The Morgan fingerprint density at radius 3 is 2.95 bits per heavy atom. The molecule has 0 aliphatic rings. The molecule has 21 heavy (non-hydrogen) atoms. The van der Waals surface area contributed by atoms with E-state index >= 15 is 0 Å². The summed E-state index contributed by atoms with van der Waals surface area (Å²) in [6.45, 7) is 4.91. The van der Waals surface area contributed by atoms with Crippen molar-refractivity contribution in [2.24, 2.45) is 0 Å². The van der Waals surface area contributed by atoms with Crippen LogP contribution in [-0.2, 0) is 6.54 Å². The number of nitrogens with one attached hydrogen (secondary N) is 1. The summed E-state index contributed by atoms with van der Waals surface area (Å²) in [6.07, 6.45) is 1.83. The van der Waals surface area contributed by atoms with Crippen LogP contribution in [0.4, 0.5) is 0 Å². The average Bonchev–Trinajstić information content (AvgIpc) is 2.89. The standard InChI is InChI=1S/C17H17BrN2O/c1-11-4-3-7-19-15(11)10-20-12(2)17-9-13-8-14(18)5-6-16(13)21-17/h3-9,12,20H,10H2,1-2H3. The van der Waals surface area contributed by atoms with Gasteiger partial charge in [-0.25, -0.2) is 0 Å². The van der Waals surface area contributed by atoms with Crippen LogP contribution in [0.1, 0.15) is 30.0 Å². The molecule has 0 radical (unpaired) electrons. The number of rotatable bonds is 4. The third-order valence-electron chi connectivity index (χ3n) is 3.62. The number of fused-ring (bicyclic) bond motifs is 1. The summed E-state index contributed by atoms with van der Waals surface area (Å²) in [5.74, 6) is 0.941. The van der Waals surface area contributed by atoms with E-state index in [0.29, 0.717) is 0 Å². The van der Waals surface area contributed by atoms with Crippen LogP contribution < -0.4 is 5.32 Å². The van der Waals surface area contributed by atoms with Gasteiger partial charge in [0.25, 0.3) is 0 Å². The summed E-state index contributed by atoms with van der Waals surface area (Å²) in [6, 6.07) is 12.3. The molecule has 1 atom stereocenters. The molecule has 1 aromatic carbocycles. The van der Waals surface area contributed by atoms with E-state index < -0.39 is 0 Å². The predicted molar refractivity (Wildman–Crippen MR) is 88.1 cm³/mol. The van der Waals surface area contributed by atoms with Crippen molar-refractivity contribution in [3.63, 3.8) is 0 Å². The zero-order chi connectivity index (χ0) is 14.8. The lowest BCUT2D eigenvalue weighted by Gasteiger charge is -2.11. The zero-order valence-corrected chi connectivity index (χ0v) is 13.6. The molecule has 0 aliphatic heterocycles. The number of aromatic nitrogens is 1. The molecular formula is C17H17BrN2O. The number of pyridine rings is 1. The number of nitrogens with zero attached hydrogens (tertiary/aromatic N) is 1. The minimum absolute atomic E-state index is 0.137. The molecule has 2 heterocycles. The Bertz CT molecular complexity index is 766. The first-order valence-corrected chi connectivity index (χ1v) is 7.75. The molecule has 1 N–H and O–H groups in total. The van der Waals surface area contributed by atoms with Gasteiger partial charge in [-0.05, 0) is 49.7 Å². The van der Waals surface area contributed by atoms with Gasteiger partial charge in [-0.2, -0.15) is 0 Å². The Kier molecular flexibility index (Phi) is 4.08. The lowest BCUT2D eigenvalue weighted by Crippen LogP contribution is -2.18. The van der Waals surface area contributed by atoms with E-state index in [9.17, 15) is 0 Å². The molecule has 3 rings (SSSR count). The largest absolute Gasteiger partial charge is 0.459 e. The molecule has 2 aromatic heterocycles. The van der Waals surface area contributed by atoms with Crippen LogP contribution in [0.5, 0.6) is 0 Å². The van der Waals surface area contributed by atoms with Crippen LogP contribution in [0.2, 0.25) is 0 Å². The van der Waals surface area contributed by atoms with Crippen LogP contribution in [0, 0.1) is 6.92 Å². The van der Waals surface area contributed by atoms with Crippen molar-refractivity contribution in [2.75, 3.05) is 0 Å². The highest BCUT2D eigenvalue weighted by molar-refractivity contribution is 9.10. The van der Waals surface area contributed by atoms with Gasteiger partial charge in [-0.1, -0.05) is 22.0 Å². The Hall–Kier alpha value is -1.65.